The highest BCUT2D eigenvalue weighted by molar-refractivity contribution is 9.10. The van der Waals surface area contributed by atoms with E-state index in [1.165, 1.54) is 5.56 Å². The van der Waals surface area contributed by atoms with Crippen LogP contribution in [0.15, 0.2) is 63.9 Å². The summed E-state index contributed by atoms with van der Waals surface area (Å²) < 4.78 is 2.70. The van der Waals surface area contributed by atoms with Crippen molar-refractivity contribution in [2.75, 3.05) is 18.4 Å². The number of anilines is 1. The van der Waals surface area contributed by atoms with Crippen LogP contribution < -0.4 is 5.32 Å². The van der Waals surface area contributed by atoms with Gasteiger partial charge in [-0.3, -0.25) is 4.79 Å². The van der Waals surface area contributed by atoms with Crippen molar-refractivity contribution in [3.05, 3.63) is 75.0 Å². The number of hydrogen-bond acceptors (Lipinski definition) is 5. The quantitative estimate of drug-likeness (QED) is 0.345. The second-order valence-corrected chi connectivity index (χ2v) is 9.84. The van der Waals surface area contributed by atoms with Gasteiger partial charge in [-0.2, -0.15) is 21.0 Å². The molecule has 0 aliphatic carbocycles. The monoisotopic (exact) mass is 521 g/mol. The summed E-state index contributed by atoms with van der Waals surface area (Å²) in [5.74, 6) is 0.981. The van der Waals surface area contributed by atoms with E-state index in [4.69, 9.17) is 4.98 Å². The molecule has 1 aliphatic heterocycles. The standard InChI is InChI=1S/C25H24BrN5OS/c1-17-4-2-3-5-20(17)22-14-23(31-25(29-22)21(26)15-27-31)28-19-8-11-30(12-9-19)24(32)7-6-18-10-13-33-16-18/h2-7,10,13-16,19,28H,8-9,11-12H2,1H3/b7-6+. The maximum Gasteiger partial charge on any atom is 0.246 e. The molecule has 0 unspecified atom stereocenters. The lowest BCUT2D eigenvalue weighted by Crippen LogP contribution is -2.42. The predicted octanol–water partition coefficient (Wildman–Crippen LogP) is 5.65. The lowest BCUT2D eigenvalue weighted by molar-refractivity contribution is -0.126. The molecule has 1 fully saturated rings. The van der Waals surface area contributed by atoms with Crippen LogP contribution in [-0.4, -0.2) is 44.5 Å². The van der Waals surface area contributed by atoms with Gasteiger partial charge in [-0.05, 0) is 69.7 Å². The van der Waals surface area contributed by atoms with E-state index >= 15 is 0 Å². The number of thiophene rings is 1. The Labute approximate surface area is 205 Å². The van der Waals surface area contributed by atoms with Crippen molar-refractivity contribution >= 4 is 50.7 Å². The summed E-state index contributed by atoms with van der Waals surface area (Å²) in [6, 6.07) is 12.6. The number of nitrogens with one attached hydrogen (secondary N) is 1. The molecular formula is C25H24BrN5OS. The predicted molar refractivity (Wildman–Crippen MR) is 137 cm³/mol. The Morgan fingerprint density at radius 3 is 2.82 bits per heavy atom. The lowest BCUT2D eigenvalue weighted by Gasteiger charge is -2.32. The van der Waals surface area contributed by atoms with E-state index in [-0.39, 0.29) is 11.9 Å². The molecule has 1 N–H and O–H groups in total. The second kappa shape index (κ2) is 9.49. The summed E-state index contributed by atoms with van der Waals surface area (Å²) in [7, 11) is 0. The topological polar surface area (TPSA) is 62.5 Å². The number of hydrogen-bond donors (Lipinski definition) is 1. The van der Waals surface area contributed by atoms with Gasteiger partial charge in [0.1, 0.15) is 5.82 Å². The van der Waals surface area contributed by atoms with Crippen LogP contribution >= 0.6 is 27.3 Å². The maximum absolute atomic E-state index is 12.6. The molecule has 33 heavy (non-hydrogen) atoms. The molecule has 0 atom stereocenters. The van der Waals surface area contributed by atoms with Gasteiger partial charge in [0.2, 0.25) is 5.91 Å². The first-order chi connectivity index (χ1) is 16.1. The van der Waals surface area contributed by atoms with E-state index in [0.717, 1.165) is 58.7 Å². The van der Waals surface area contributed by atoms with Gasteiger partial charge in [-0.15, -0.1) is 0 Å². The third-order valence-electron chi connectivity index (χ3n) is 5.97. The molecule has 6 nitrogen and oxygen atoms in total. The molecule has 0 spiro atoms. The van der Waals surface area contributed by atoms with Crippen LogP contribution in [-0.2, 0) is 4.79 Å². The molecule has 1 saturated heterocycles. The van der Waals surface area contributed by atoms with Gasteiger partial charge in [-0.1, -0.05) is 24.3 Å². The van der Waals surface area contributed by atoms with Crippen molar-refractivity contribution < 1.29 is 4.79 Å². The molecule has 5 rings (SSSR count). The summed E-state index contributed by atoms with van der Waals surface area (Å²) in [6.45, 7) is 3.55. The molecule has 0 radical (unpaired) electrons. The van der Waals surface area contributed by atoms with Gasteiger partial charge in [0, 0.05) is 36.8 Å². The number of aryl methyl sites for hydroxylation is 1. The van der Waals surface area contributed by atoms with Crippen molar-refractivity contribution in [1.82, 2.24) is 19.5 Å². The van der Waals surface area contributed by atoms with Gasteiger partial charge >= 0.3 is 0 Å². The van der Waals surface area contributed by atoms with Crippen molar-refractivity contribution in [3.63, 3.8) is 0 Å². The third-order valence-corrected chi connectivity index (χ3v) is 7.23. The molecule has 1 aromatic carbocycles. The zero-order valence-corrected chi connectivity index (χ0v) is 20.6. The normalized spacial score (nSPS) is 14.9. The molecular weight excluding hydrogens is 498 g/mol. The summed E-state index contributed by atoms with van der Waals surface area (Å²) in [5, 5.41) is 12.2. The van der Waals surface area contributed by atoms with E-state index in [1.807, 2.05) is 44.5 Å². The molecule has 4 aromatic rings. The maximum atomic E-state index is 12.6. The van der Waals surface area contributed by atoms with Crippen molar-refractivity contribution in [2.24, 2.45) is 0 Å². The van der Waals surface area contributed by atoms with Crippen molar-refractivity contribution in [3.8, 4) is 11.3 Å². The number of likely N-dealkylation sites (tertiary alicyclic amines) is 1. The van der Waals surface area contributed by atoms with Crippen LogP contribution in [0, 0.1) is 6.92 Å². The van der Waals surface area contributed by atoms with Crippen LogP contribution in [0.25, 0.3) is 23.0 Å². The second-order valence-electron chi connectivity index (χ2n) is 8.20. The molecule has 3 aromatic heterocycles. The van der Waals surface area contributed by atoms with Gasteiger partial charge in [0.05, 0.1) is 16.4 Å². The molecule has 8 heteroatoms. The fraction of sp³-hybridized carbons (Fsp3) is 0.240. The third kappa shape index (κ3) is 4.72. The number of amides is 1. The highest BCUT2D eigenvalue weighted by atomic mass is 79.9. The first-order valence-corrected chi connectivity index (χ1v) is 12.7. The lowest BCUT2D eigenvalue weighted by atomic mass is 10.0. The molecule has 1 aliphatic rings. The van der Waals surface area contributed by atoms with E-state index in [2.05, 4.69) is 51.5 Å². The molecule has 4 heterocycles. The van der Waals surface area contributed by atoms with Gasteiger partial charge in [0.25, 0.3) is 0 Å². The van der Waals surface area contributed by atoms with Crippen LogP contribution in [0.5, 0.6) is 0 Å². The minimum Gasteiger partial charge on any atom is -0.367 e. The Balaban J connectivity index is 1.32. The molecule has 1 amide bonds. The van der Waals surface area contributed by atoms with E-state index < -0.39 is 0 Å². The van der Waals surface area contributed by atoms with Gasteiger partial charge < -0.3 is 10.2 Å². The average molecular weight is 522 g/mol. The Hall–Kier alpha value is -2.97. The van der Waals surface area contributed by atoms with Crippen LogP contribution in [0.4, 0.5) is 5.82 Å². The van der Waals surface area contributed by atoms with Crippen LogP contribution in [0.1, 0.15) is 24.0 Å². The zero-order chi connectivity index (χ0) is 22.8. The van der Waals surface area contributed by atoms with Crippen LogP contribution in [0.2, 0.25) is 0 Å². The van der Waals surface area contributed by atoms with E-state index in [1.54, 1.807) is 23.6 Å². The van der Waals surface area contributed by atoms with Crippen molar-refractivity contribution in [2.45, 2.75) is 25.8 Å². The summed E-state index contributed by atoms with van der Waals surface area (Å²) in [6.07, 6.45) is 7.10. The summed E-state index contributed by atoms with van der Waals surface area (Å²) in [5.41, 5.74) is 5.05. The largest absolute Gasteiger partial charge is 0.367 e. The fourth-order valence-electron chi connectivity index (χ4n) is 4.13. The minimum atomic E-state index is 0.0730. The van der Waals surface area contributed by atoms with E-state index in [0.29, 0.717) is 0 Å². The molecule has 0 saturated carbocycles. The summed E-state index contributed by atoms with van der Waals surface area (Å²) >= 11 is 5.21. The van der Waals surface area contributed by atoms with E-state index in [9.17, 15) is 4.79 Å². The Kier molecular flexibility index (Phi) is 6.28. The van der Waals surface area contributed by atoms with Crippen LogP contribution in [0.3, 0.4) is 0 Å². The highest BCUT2D eigenvalue weighted by Crippen LogP contribution is 2.29. The number of fused-ring (bicyclic) bond motifs is 1. The Bertz CT molecular complexity index is 1310. The Morgan fingerprint density at radius 2 is 2.06 bits per heavy atom. The fourth-order valence-corrected chi connectivity index (χ4v) is 5.11. The first kappa shape index (κ1) is 21.9. The number of nitrogens with zero attached hydrogens (tertiary/aromatic N) is 4. The first-order valence-electron chi connectivity index (χ1n) is 10.9. The molecule has 168 valence electrons. The number of halogens is 1. The number of aromatic nitrogens is 3. The number of piperidine rings is 1. The van der Waals surface area contributed by atoms with Crippen molar-refractivity contribution in [1.29, 1.82) is 0 Å². The Morgan fingerprint density at radius 1 is 1.24 bits per heavy atom. The number of carbonyl (C=O) groups excluding carboxylic acids is 1. The zero-order valence-electron chi connectivity index (χ0n) is 18.2. The summed E-state index contributed by atoms with van der Waals surface area (Å²) in [4.78, 5) is 19.3. The minimum absolute atomic E-state index is 0.0730. The van der Waals surface area contributed by atoms with Gasteiger partial charge in [-0.25, -0.2) is 4.98 Å². The molecule has 0 bridgehead atoms. The smallest absolute Gasteiger partial charge is 0.246 e. The number of rotatable bonds is 5. The SMILES string of the molecule is Cc1ccccc1-c1cc(NC2CCN(C(=O)/C=C/c3ccsc3)CC2)n2ncc(Br)c2n1. The number of benzene rings is 1. The van der Waals surface area contributed by atoms with Gasteiger partial charge in [0.15, 0.2) is 5.65 Å². The highest BCUT2D eigenvalue weighted by Gasteiger charge is 2.23. The number of carbonyl (C=O) groups is 1. The average Bonchev–Trinajstić information content (AvgIpc) is 3.48.